The minimum Gasteiger partial charge on any atom is -0.497 e. The number of rotatable bonds is 3. The smallest absolute Gasteiger partial charge is 0.272 e. The number of amides is 1. The van der Waals surface area contributed by atoms with Crippen molar-refractivity contribution in [3.8, 4) is 5.75 Å². The zero-order valence-corrected chi connectivity index (χ0v) is 13.8. The molecule has 3 rings (SSSR count). The fourth-order valence-electron chi connectivity index (χ4n) is 2.28. The first-order valence-corrected chi connectivity index (χ1v) is 8.15. The van der Waals surface area contributed by atoms with Gasteiger partial charge in [0.2, 0.25) is 0 Å². The molecule has 0 unspecified atom stereocenters. The number of carbonyl (C=O) groups excluding carboxylic acids is 1. The van der Waals surface area contributed by atoms with Crippen molar-refractivity contribution in [2.75, 3.05) is 38.3 Å². The molecule has 0 aromatic heterocycles. The number of thioether (sulfide) groups is 1. The third-order valence-corrected chi connectivity index (χ3v) is 4.76. The predicted molar refractivity (Wildman–Crippen MR) is 91.1 cm³/mol. The molecule has 0 N–H and O–H groups in total. The molecule has 0 atom stereocenters. The minimum absolute atomic E-state index is 0.0772. The molecule has 22 heavy (non-hydrogen) atoms. The summed E-state index contributed by atoms with van der Waals surface area (Å²) in [5.74, 6) is 0.671. The number of nitrogens with zero attached hydrogens (tertiary/aromatic N) is 2. The summed E-state index contributed by atoms with van der Waals surface area (Å²) < 4.78 is 11.0. The van der Waals surface area contributed by atoms with E-state index in [1.165, 1.54) is 11.8 Å². The molecular weight excluding hydrogens is 320 g/mol. The first kappa shape index (κ1) is 15.3. The first-order valence-electron chi connectivity index (χ1n) is 6.93. The Kier molecular flexibility index (Phi) is 4.66. The van der Waals surface area contributed by atoms with Gasteiger partial charge in [-0.05, 0) is 24.3 Å². The molecule has 2 saturated heterocycles. The molecule has 1 amide bonds. The van der Waals surface area contributed by atoms with E-state index in [0.717, 1.165) is 24.5 Å². The Labute approximate surface area is 138 Å². The number of ether oxygens (including phenoxy) is 2. The Bertz CT molecular complexity index is 610. The molecular formula is C15H16N2O3S2. The SMILES string of the molecule is COc1ccc(N2C(=O)/C(=C/N3CCOCC3)SC2=S)cc1. The molecule has 2 fully saturated rings. The molecule has 1 aromatic carbocycles. The topological polar surface area (TPSA) is 42.0 Å². The number of hydrogen-bond acceptors (Lipinski definition) is 6. The maximum atomic E-state index is 12.6. The Morgan fingerprint density at radius 2 is 1.95 bits per heavy atom. The maximum absolute atomic E-state index is 12.6. The van der Waals surface area contributed by atoms with Gasteiger partial charge in [-0.15, -0.1) is 0 Å². The number of morpholine rings is 1. The lowest BCUT2D eigenvalue weighted by Crippen LogP contribution is -2.33. The number of carbonyl (C=O) groups is 1. The highest BCUT2D eigenvalue weighted by Gasteiger charge is 2.33. The highest BCUT2D eigenvalue weighted by molar-refractivity contribution is 8.27. The van der Waals surface area contributed by atoms with Gasteiger partial charge in [0, 0.05) is 19.3 Å². The lowest BCUT2D eigenvalue weighted by Gasteiger charge is -2.25. The molecule has 2 heterocycles. The van der Waals surface area contributed by atoms with E-state index in [4.69, 9.17) is 21.7 Å². The second-order valence-corrected chi connectivity index (χ2v) is 6.52. The first-order chi connectivity index (χ1) is 10.7. The van der Waals surface area contributed by atoms with Gasteiger partial charge in [-0.2, -0.15) is 0 Å². The van der Waals surface area contributed by atoms with Crippen LogP contribution in [0.1, 0.15) is 0 Å². The summed E-state index contributed by atoms with van der Waals surface area (Å²) in [6, 6.07) is 7.31. The zero-order chi connectivity index (χ0) is 15.5. The van der Waals surface area contributed by atoms with Crippen LogP contribution in [0.2, 0.25) is 0 Å². The van der Waals surface area contributed by atoms with Crippen LogP contribution in [0, 0.1) is 0 Å². The van der Waals surface area contributed by atoms with Gasteiger partial charge in [0.05, 0.1) is 30.9 Å². The highest BCUT2D eigenvalue weighted by Crippen LogP contribution is 2.35. The lowest BCUT2D eigenvalue weighted by atomic mass is 10.2. The van der Waals surface area contributed by atoms with Gasteiger partial charge in [0.1, 0.15) is 5.75 Å². The van der Waals surface area contributed by atoms with E-state index in [1.54, 1.807) is 12.0 Å². The van der Waals surface area contributed by atoms with Crippen molar-refractivity contribution < 1.29 is 14.3 Å². The van der Waals surface area contributed by atoms with E-state index in [9.17, 15) is 4.79 Å². The number of hydrogen-bond donors (Lipinski definition) is 0. The molecule has 2 aliphatic rings. The number of benzene rings is 1. The fraction of sp³-hybridized carbons (Fsp3) is 0.333. The highest BCUT2D eigenvalue weighted by atomic mass is 32.2. The summed E-state index contributed by atoms with van der Waals surface area (Å²) >= 11 is 6.69. The van der Waals surface area contributed by atoms with Gasteiger partial charge in [-0.1, -0.05) is 24.0 Å². The Hall–Kier alpha value is -1.57. The van der Waals surface area contributed by atoms with E-state index in [0.29, 0.717) is 22.4 Å². The average Bonchev–Trinajstić information content (AvgIpc) is 2.82. The average molecular weight is 336 g/mol. The quantitative estimate of drug-likeness (QED) is 0.623. The van der Waals surface area contributed by atoms with Crippen molar-refractivity contribution in [3.63, 3.8) is 0 Å². The van der Waals surface area contributed by atoms with E-state index in [-0.39, 0.29) is 5.91 Å². The van der Waals surface area contributed by atoms with Crippen LogP contribution >= 0.6 is 24.0 Å². The molecule has 2 aliphatic heterocycles. The minimum atomic E-state index is -0.0772. The largest absolute Gasteiger partial charge is 0.497 e. The van der Waals surface area contributed by atoms with Crippen molar-refractivity contribution in [2.45, 2.75) is 0 Å². The van der Waals surface area contributed by atoms with Crippen molar-refractivity contribution in [2.24, 2.45) is 0 Å². The third-order valence-electron chi connectivity index (χ3n) is 3.47. The van der Waals surface area contributed by atoms with Crippen LogP contribution in [-0.4, -0.2) is 48.5 Å². The van der Waals surface area contributed by atoms with Crippen molar-refractivity contribution >= 4 is 39.9 Å². The van der Waals surface area contributed by atoms with Crippen LogP contribution in [-0.2, 0) is 9.53 Å². The van der Waals surface area contributed by atoms with Crippen molar-refractivity contribution in [1.29, 1.82) is 0 Å². The third kappa shape index (κ3) is 3.11. The second-order valence-electron chi connectivity index (χ2n) is 4.85. The summed E-state index contributed by atoms with van der Waals surface area (Å²) in [7, 11) is 1.61. The molecule has 0 spiro atoms. The summed E-state index contributed by atoms with van der Waals surface area (Å²) in [6.07, 6.45) is 1.89. The van der Waals surface area contributed by atoms with Gasteiger partial charge in [-0.3, -0.25) is 9.69 Å². The zero-order valence-electron chi connectivity index (χ0n) is 12.2. The maximum Gasteiger partial charge on any atom is 0.272 e. The molecule has 5 nitrogen and oxygen atoms in total. The van der Waals surface area contributed by atoms with Gasteiger partial charge in [-0.25, -0.2) is 0 Å². The van der Waals surface area contributed by atoms with E-state index in [1.807, 2.05) is 30.5 Å². The van der Waals surface area contributed by atoms with Crippen molar-refractivity contribution in [3.05, 3.63) is 35.4 Å². The van der Waals surface area contributed by atoms with E-state index >= 15 is 0 Å². The summed E-state index contributed by atoms with van der Waals surface area (Å²) in [6.45, 7) is 2.98. The lowest BCUT2D eigenvalue weighted by molar-refractivity contribution is -0.113. The van der Waals surface area contributed by atoms with Crippen LogP contribution in [0.4, 0.5) is 5.69 Å². The predicted octanol–water partition coefficient (Wildman–Crippen LogP) is 2.23. The second kappa shape index (κ2) is 6.68. The van der Waals surface area contributed by atoms with Gasteiger partial charge >= 0.3 is 0 Å². The fourth-order valence-corrected chi connectivity index (χ4v) is 3.59. The Morgan fingerprint density at radius 3 is 2.59 bits per heavy atom. The number of methoxy groups -OCH3 is 1. The standard InChI is InChI=1S/C15H16N2O3S2/c1-19-12-4-2-11(3-5-12)17-14(18)13(22-15(17)21)10-16-6-8-20-9-7-16/h2-5,10H,6-9H2,1H3/b13-10-. The van der Waals surface area contributed by atoms with Crippen molar-refractivity contribution in [1.82, 2.24) is 4.90 Å². The summed E-state index contributed by atoms with van der Waals surface area (Å²) in [5, 5.41) is 0. The Morgan fingerprint density at radius 1 is 1.27 bits per heavy atom. The monoisotopic (exact) mass is 336 g/mol. The molecule has 0 bridgehead atoms. The Balaban J connectivity index is 1.79. The van der Waals surface area contributed by atoms with Gasteiger partial charge in [0.15, 0.2) is 4.32 Å². The van der Waals surface area contributed by atoms with Crippen LogP contribution in [0.3, 0.4) is 0 Å². The van der Waals surface area contributed by atoms with Crippen LogP contribution in [0.5, 0.6) is 5.75 Å². The molecule has 0 radical (unpaired) electrons. The van der Waals surface area contributed by atoms with Crippen LogP contribution < -0.4 is 9.64 Å². The number of anilines is 1. The van der Waals surface area contributed by atoms with Gasteiger partial charge in [0.25, 0.3) is 5.91 Å². The molecule has 0 saturated carbocycles. The normalized spacial score (nSPS) is 20.9. The molecule has 0 aliphatic carbocycles. The van der Waals surface area contributed by atoms with Gasteiger partial charge < -0.3 is 14.4 Å². The molecule has 116 valence electrons. The van der Waals surface area contributed by atoms with E-state index in [2.05, 4.69) is 4.90 Å². The summed E-state index contributed by atoms with van der Waals surface area (Å²) in [5.41, 5.74) is 0.758. The van der Waals surface area contributed by atoms with Crippen LogP contribution in [0.25, 0.3) is 0 Å². The molecule has 1 aromatic rings. The van der Waals surface area contributed by atoms with Crippen LogP contribution in [0.15, 0.2) is 35.4 Å². The summed E-state index contributed by atoms with van der Waals surface area (Å²) in [4.78, 5) is 16.9. The molecule has 7 heteroatoms. The number of thiocarbonyl (C=S) groups is 1. The van der Waals surface area contributed by atoms with E-state index < -0.39 is 0 Å².